The van der Waals surface area contributed by atoms with Crippen molar-refractivity contribution in [1.82, 2.24) is 9.88 Å². The summed E-state index contributed by atoms with van der Waals surface area (Å²) in [5.41, 5.74) is -0.478. The number of benzene rings is 2. The fourth-order valence-electron chi connectivity index (χ4n) is 3.10. The molecule has 0 unspecified atom stereocenters. The summed E-state index contributed by atoms with van der Waals surface area (Å²) in [4.78, 5) is 41.6. The molecule has 2 N–H and O–H groups in total. The second-order valence-electron chi connectivity index (χ2n) is 7.90. The summed E-state index contributed by atoms with van der Waals surface area (Å²) in [5, 5.41) is 4.86. The van der Waals surface area contributed by atoms with Gasteiger partial charge in [-0.2, -0.15) is 13.2 Å². The zero-order valence-electron chi connectivity index (χ0n) is 20.1. The summed E-state index contributed by atoms with van der Waals surface area (Å²) >= 11 is 0. The van der Waals surface area contributed by atoms with Gasteiger partial charge in [0.2, 0.25) is 0 Å². The first-order valence-electron chi connectivity index (χ1n) is 10.8. The molecule has 0 atom stereocenters. The smallest absolute Gasteiger partial charge is 0.416 e. The van der Waals surface area contributed by atoms with Crippen LogP contribution in [0.1, 0.15) is 21.6 Å². The summed E-state index contributed by atoms with van der Waals surface area (Å²) in [7, 11) is 4.36. The molecule has 0 saturated carbocycles. The number of halogens is 3. The first kappa shape index (κ1) is 27.0. The molecule has 1 aromatic heterocycles. The highest BCUT2D eigenvalue weighted by molar-refractivity contribution is 6.00. The molecule has 0 saturated heterocycles. The zero-order chi connectivity index (χ0) is 27.2. The lowest BCUT2D eigenvalue weighted by molar-refractivity contribution is -0.139. The van der Waals surface area contributed by atoms with E-state index in [4.69, 9.17) is 4.74 Å². The van der Waals surface area contributed by atoms with Crippen molar-refractivity contribution < 1.29 is 37.0 Å². The summed E-state index contributed by atoms with van der Waals surface area (Å²) in [6.45, 7) is 0. The third-order valence-electron chi connectivity index (χ3n) is 4.95. The minimum atomic E-state index is -4.64. The Hall–Kier alpha value is -4.61. The number of carbonyl (C=O) groups excluding carboxylic acids is 3. The Kier molecular flexibility index (Phi) is 8.33. The number of hydrogen-bond acceptors (Lipinski definition) is 6. The Bertz CT molecular complexity index is 1290. The number of alkyl halides is 3. The number of pyridine rings is 1. The van der Waals surface area contributed by atoms with Crippen molar-refractivity contribution in [3.05, 3.63) is 77.6 Å². The van der Waals surface area contributed by atoms with Crippen LogP contribution in [0.4, 0.5) is 29.3 Å². The van der Waals surface area contributed by atoms with Crippen LogP contribution in [0.2, 0.25) is 0 Å². The van der Waals surface area contributed by atoms with Crippen molar-refractivity contribution in [3.63, 3.8) is 0 Å². The number of anilines is 2. The number of methoxy groups -OCH3 is 1. The van der Waals surface area contributed by atoms with Gasteiger partial charge in [0.05, 0.1) is 19.1 Å². The highest BCUT2D eigenvalue weighted by atomic mass is 19.4. The summed E-state index contributed by atoms with van der Waals surface area (Å²) in [6, 6.07) is 11.1. The fraction of sp³-hybridized carbons (Fsp3) is 0.200. The first-order chi connectivity index (χ1) is 17.5. The Balaban J connectivity index is 1.69. The maximum Gasteiger partial charge on any atom is 0.416 e. The number of hydrogen-bond donors (Lipinski definition) is 2. The van der Waals surface area contributed by atoms with Gasteiger partial charge >= 0.3 is 18.2 Å². The van der Waals surface area contributed by atoms with Crippen LogP contribution in [0.15, 0.2) is 60.8 Å². The molecule has 0 aliphatic rings. The average molecular weight is 516 g/mol. The van der Waals surface area contributed by atoms with Crippen molar-refractivity contribution in [2.45, 2.75) is 12.6 Å². The van der Waals surface area contributed by atoms with Crippen molar-refractivity contribution in [3.8, 4) is 11.5 Å². The van der Waals surface area contributed by atoms with Gasteiger partial charge in [0.15, 0.2) is 0 Å². The lowest BCUT2D eigenvalue weighted by Gasteiger charge is -2.15. The van der Waals surface area contributed by atoms with E-state index in [9.17, 15) is 27.6 Å². The van der Waals surface area contributed by atoms with Gasteiger partial charge in [0.1, 0.15) is 17.2 Å². The minimum absolute atomic E-state index is 0.156. The molecule has 0 spiro atoms. The highest BCUT2D eigenvalue weighted by Gasteiger charge is 2.31. The van der Waals surface area contributed by atoms with E-state index >= 15 is 0 Å². The Labute approximate surface area is 210 Å². The predicted octanol–water partition coefficient (Wildman–Crippen LogP) is 4.95. The quantitative estimate of drug-likeness (QED) is 0.430. The van der Waals surface area contributed by atoms with Crippen LogP contribution in [0.3, 0.4) is 0 Å². The molecule has 3 amide bonds. The molecule has 9 nitrogen and oxygen atoms in total. The normalized spacial score (nSPS) is 10.9. The van der Waals surface area contributed by atoms with E-state index in [0.717, 1.165) is 25.3 Å². The molecule has 12 heteroatoms. The Morgan fingerprint density at radius 1 is 0.946 bits per heavy atom. The van der Waals surface area contributed by atoms with E-state index in [0.29, 0.717) is 17.2 Å². The van der Waals surface area contributed by atoms with E-state index in [1.807, 2.05) is 0 Å². The lowest BCUT2D eigenvalue weighted by Crippen LogP contribution is -2.22. The number of esters is 1. The van der Waals surface area contributed by atoms with Gasteiger partial charge in [-0.15, -0.1) is 0 Å². The number of aromatic nitrogens is 1. The highest BCUT2D eigenvalue weighted by Crippen LogP contribution is 2.32. The van der Waals surface area contributed by atoms with Crippen LogP contribution in [0.5, 0.6) is 11.5 Å². The van der Waals surface area contributed by atoms with E-state index in [2.05, 4.69) is 20.4 Å². The second kappa shape index (κ2) is 11.4. The van der Waals surface area contributed by atoms with Crippen molar-refractivity contribution in [1.29, 1.82) is 0 Å². The number of nitrogens with zero attached hydrogens (tertiary/aromatic N) is 2. The Morgan fingerprint density at radius 3 is 2.27 bits per heavy atom. The predicted molar refractivity (Wildman–Crippen MR) is 129 cm³/mol. The monoisotopic (exact) mass is 516 g/mol. The number of amides is 3. The molecule has 0 aliphatic heterocycles. The first-order valence-corrected chi connectivity index (χ1v) is 10.8. The molecule has 3 rings (SSSR count). The SMILES string of the molecule is COC(=O)Cc1ccc(C(F)(F)F)cc1NC(=O)Nc1ccc(Oc2ccnc(C(=O)N(C)C)c2)cc1. The molecular formula is C25H23F3N4O5. The van der Waals surface area contributed by atoms with Crippen molar-refractivity contribution in [2.75, 3.05) is 31.8 Å². The third-order valence-corrected chi connectivity index (χ3v) is 4.95. The van der Waals surface area contributed by atoms with Crippen LogP contribution >= 0.6 is 0 Å². The van der Waals surface area contributed by atoms with E-state index in [1.54, 1.807) is 32.3 Å². The molecule has 1 heterocycles. The maximum absolute atomic E-state index is 13.1. The van der Waals surface area contributed by atoms with Gasteiger partial charge in [-0.25, -0.2) is 4.79 Å². The van der Waals surface area contributed by atoms with Gasteiger partial charge in [0, 0.05) is 37.7 Å². The van der Waals surface area contributed by atoms with Crippen LogP contribution in [-0.4, -0.2) is 49.0 Å². The minimum Gasteiger partial charge on any atom is -0.469 e. The van der Waals surface area contributed by atoms with Gasteiger partial charge in [-0.05, 0) is 48.0 Å². The van der Waals surface area contributed by atoms with E-state index < -0.39 is 23.7 Å². The molecule has 0 aliphatic carbocycles. The second-order valence-corrected chi connectivity index (χ2v) is 7.90. The van der Waals surface area contributed by atoms with Crippen LogP contribution in [-0.2, 0) is 22.1 Å². The summed E-state index contributed by atoms with van der Waals surface area (Å²) in [5.74, 6) is -0.183. The fourth-order valence-corrected chi connectivity index (χ4v) is 3.10. The topological polar surface area (TPSA) is 110 Å². The van der Waals surface area contributed by atoms with Gasteiger partial charge < -0.3 is 25.0 Å². The van der Waals surface area contributed by atoms with Gasteiger partial charge in [-0.1, -0.05) is 6.07 Å². The number of rotatable bonds is 7. The standard InChI is InChI=1S/C25H23F3N4O5/c1-32(2)23(34)21-14-19(10-11-29-21)37-18-8-6-17(7-9-18)30-24(35)31-20-13-16(25(26,27)28)5-4-15(20)12-22(33)36-3/h4-11,13-14H,12H2,1-3H3,(H2,30,31,35). The molecular weight excluding hydrogens is 493 g/mol. The Morgan fingerprint density at radius 2 is 1.65 bits per heavy atom. The molecule has 3 aromatic rings. The molecule has 0 radical (unpaired) electrons. The van der Waals surface area contributed by atoms with Gasteiger partial charge in [-0.3, -0.25) is 14.6 Å². The molecule has 2 aromatic carbocycles. The number of ether oxygens (including phenoxy) is 2. The summed E-state index contributed by atoms with van der Waals surface area (Å²) < 4.78 is 49.7. The number of urea groups is 1. The van der Waals surface area contributed by atoms with E-state index in [1.165, 1.54) is 29.3 Å². The van der Waals surface area contributed by atoms with E-state index in [-0.39, 0.29) is 29.3 Å². The number of carbonyl (C=O) groups is 3. The third kappa shape index (κ3) is 7.43. The van der Waals surface area contributed by atoms with Crippen LogP contribution in [0.25, 0.3) is 0 Å². The van der Waals surface area contributed by atoms with Gasteiger partial charge in [0.25, 0.3) is 5.91 Å². The lowest BCUT2D eigenvalue weighted by atomic mass is 10.1. The largest absolute Gasteiger partial charge is 0.469 e. The average Bonchev–Trinajstić information content (AvgIpc) is 2.85. The molecule has 37 heavy (non-hydrogen) atoms. The molecule has 0 bridgehead atoms. The van der Waals surface area contributed by atoms with Crippen molar-refractivity contribution in [2.24, 2.45) is 0 Å². The molecule has 194 valence electrons. The maximum atomic E-state index is 13.1. The van der Waals surface area contributed by atoms with Crippen LogP contribution < -0.4 is 15.4 Å². The zero-order valence-corrected chi connectivity index (χ0v) is 20.1. The molecule has 0 fully saturated rings. The summed E-state index contributed by atoms with van der Waals surface area (Å²) in [6.07, 6.45) is -3.52. The number of nitrogens with one attached hydrogen (secondary N) is 2. The van der Waals surface area contributed by atoms with Crippen LogP contribution in [0, 0.1) is 0 Å². The van der Waals surface area contributed by atoms with Crippen molar-refractivity contribution >= 4 is 29.3 Å².